The first-order chi connectivity index (χ1) is 17.0. The quantitative estimate of drug-likeness (QED) is 0.359. The molecule has 0 aliphatic carbocycles. The van der Waals surface area contributed by atoms with E-state index in [-0.39, 0.29) is 23.3 Å². The summed E-state index contributed by atoms with van der Waals surface area (Å²) in [7, 11) is 1.62. The summed E-state index contributed by atoms with van der Waals surface area (Å²) < 4.78 is 12.4. The number of hydrogen-bond acceptors (Lipinski definition) is 7. The summed E-state index contributed by atoms with van der Waals surface area (Å²) in [4.78, 5) is 33.2. The zero-order valence-electron chi connectivity index (χ0n) is 20.5. The smallest absolute Gasteiger partial charge is 0.262 e. The molecule has 1 fully saturated rings. The molecule has 4 rings (SSSR count). The van der Waals surface area contributed by atoms with Crippen molar-refractivity contribution < 1.29 is 14.3 Å². The molecule has 2 aromatic carbocycles. The molecule has 186 valence electrons. The fourth-order valence-electron chi connectivity index (χ4n) is 3.92. The van der Waals surface area contributed by atoms with E-state index in [1.165, 1.54) is 11.8 Å². The summed E-state index contributed by atoms with van der Waals surface area (Å²) in [6.45, 7) is 7.28. The molecule has 1 aliphatic heterocycles. The summed E-state index contributed by atoms with van der Waals surface area (Å²) in [5.41, 5.74) is 2.45. The highest BCUT2D eigenvalue weighted by atomic mass is 32.2. The van der Waals surface area contributed by atoms with Gasteiger partial charge < -0.3 is 19.7 Å². The molecule has 0 saturated carbocycles. The number of ether oxygens (including phenoxy) is 2. The van der Waals surface area contributed by atoms with Crippen molar-refractivity contribution in [3.05, 3.63) is 58.4 Å². The van der Waals surface area contributed by atoms with Gasteiger partial charge in [-0.1, -0.05) is 30.8 Å². The average Bonchev–Trinajstić information content (AvgIpc) is 2.90. The Morgan fingerprint density at radius 1 is 1.20 bits per heavy atom. The van der Waals surface area contributed by atoms with Gasteiger partial charge in [0.05, 0.1) is 43.5 Å². The molecule has 3 aromatic rings. The van der Waals surface area contributed by atoms with Gasteiger partial charge in [0.15, 0.2) is 5.16 Å². The SMILES string of the molecule is CC[C@@H](C)NC(=O)CSc1nc2ccc(N3CCOCC3)cc2c(=O)n1Cc1ccc(OC)cc1. The van der Waals surface area contributed by atoms with Crippen LogP contribution in [0.3, 0.4) is 0 Å². The number of benzene rings is 2. The van der Waals surface area contributed by atoms with Gasteiger partial charge in [0.2, 0.25) is 5.91 Å². The Labute approximate surface area is 209 Å². The molecule has 1 amide bonds. The van der Waals surface area contributed by atoms with Crippen LogP contribution in [0.1, 0.15) is 25.8 Å². The Balaban J connectivity index is 1.69. The van der Waals surface area contributed by atoms with E-state index in [2.05, 4.69) is 10.2 Å². The fourth-order valence-corrected chi connectivity index (χ4v) is 4.73. The molecule has 9 heteroatoms. The van der Waals surface area contributed by atoms with E-state index in [4.69, 9.17) is 14.5 Å². The number of amides is 1. The maximum atomic E-state index is 13.7. The Morgan fingerprint density at radius 3 is 2.63 bits per heavy atom. The van der Waals surface area contributed by atoms with Crippen LogP contribution in [-0.4, -0.2) is 60.7 Å². The third-order valence-corrected chi connectivity index (χ3v) is 7.11. The molecule has 8 nitrogen and oxygen atoms in total. The fraction of sp³-hybridized carbons (Fsp3) is 0.423. The third-order valence-electron chi connectivity index (χ3n) is 6.13. The van der Waals surface area contributed by atoms with Crippen LogP contribution in [0.5, 0.6) is 5.75 Å². The number of thioether (sulfide) groups is 1. The summed E-state index contributed by atoms with van der Waals surface area (Å²) >= 11 is 1.28. The van der Waals surface area contributed by atoms with Gasteiger partial charge in [0.25, 0.3) is 5.56 Å². The lowest BCUT2D eigenvalue weighted by Crippen LogP contribution is -2.36. The number of anilines is 1. The number of carbonyl (C=O) groups is 1. The summed E-state index contributed by atoms with van der Waals surface area (Å²) in [6, 6.07) is 13.5. The highest BCUT2D eigenvalue weighted by molar-refractivity contribution is 7.99. The first kappa shape index (κ1) is 25.1. The van der Waals surface area contributed by atoms with Crippen molar-refractivity contribution in [1.82, 2.24) is 14.9 Å². The molecule has 0 unspecified atom stereocenters. The van der Waals surface area contributed by atoms with Gasteiger partial charge in [0.1, 0.15) is 5.75 Å². The topological polar surface area (TPSA) is 85.7 Å². The molecule has 35 heavy (non-hydrogen) atoms. The van der Waals surface area contributed by atoms with Crippen molar-refractivity contribution in [2.24, 2.45) is 0 Å². The molecule has 0 spiro atoms. The molecule has 1 N–H and O–H groups in total. The van der Waals surface area contributed by atoms with Crippen LogP contribution in [0, 0.1) is 0 Å². The minimum Gasteiger partial charge on any atom is -0.497 e. The van der Waals surface area contributed by atoms with Crippen LogP contribution < -0.4 is 20.5 Å². The number of morpholine rings is 1. The van der Waals surface area contributed by atoms with Gasteiger partial charge in [-0.2, -0.15) is 0 Å². The number of nitrogens with one attached hydrogen (secondary N) is 1. The Hall–Kier alpha value is -3.04. The minimum atomic E-state index is -0.120. The third kappa shape index (κ3) is 6.15. The normalized spacial score (nSPS) is 14.7. The van der Waals surface area contributed by atoms with Gasteiger partial charge in [-0.25, -0.2) is 4.98 Å². The van der Waals surface area contributed by atoms with E-state index in [0.29, 0.717) is 35.8 Å². The molecule has 1 aromatic heterocycles. The van der Waals surface area contributed by atoms with Gasteiger partial charge in [-0.3, -0.25) is 14.2 Å². The van der Waals surface area contributed by atoms with E-state index < -0.39 is 0 Å². The predicted octanol–water partition coefficient (Wildman–Crippen LogP) is 3.30. The van der Waals surface area contributed by atoms with Gasteiger partial charge >= 0.3 is 0 Å². The molecular weight excluding hydrogens is 464 g/mol. The van der Waals surface area contributed by atoms with Crippen molar-refractivity contribution in [1.29, 1.82) is 0 Å². The number of carbonyl (C=O) groups excluding carboxylic acids is 1. The summed E-state index contributed by atoms with van der Waals surface area (Å²) in [6.07, 6.45) is 0.859. The molecular formula is C26H32N4O4S. The van der Waals surface area contributed by atoms with E-state index >= 15 is 0 Å². The van der Waals surface area contributed by atoms with Gasteiger partial charge in [-0.05, 0) is 49.2 Å². The molecule has 0 radical (unpaired) electrons. The molecule has 1 saturated heterocycles. The number of methoxy groups -OCH3 is 1. The zero-order chi connectivity index (χ0) is 24.8. The predicted molar refractivity (Wildman–Crippen MR) is 140 cm³/mol. The number of fused-ring (bicyclic) bond motifs is 1. The number of rotatable bonds is 9. The highest BCUT2D eigenvalue weighted by Crippen LogP contribution is 2.24. The summed E-state index contributed by atoms with van der Waals surface area (Å²) in [5.74, 6) is 0.873. The van der Waals surface area contributed by atoms with Crippen molar-refractivity contribution in [2.75, 3.05) is 44.1 Å². The van der Waals surface area contributed by atoms with Gasteiger partial charge in [-0.15, -0.1) is 0 Å². The van der Waals surface area contributed by atoms with Crippen molar-refractivity contribution >= 4 is 34.3 Å². The Kier molecular flexibility index (Phi) is 8.30. The largest absolute Gasteiger partial charge is 0.497 e. The Morgan fingerprint density at radius 2 is 1.94 bits per heavy atom. The second-order valence-corrected chi connectivity index (χ2v) is 9.54. The molecule has 2 heterocycles. The lowest BCUT2D eigenvalue weighted by Gasteiger charge is -2.29. The van der Waals surface area contributed by atoms with E-state index in [1.807, 2.05) is 56.3 Å². The van der Waals surface area contributed by atoms with Crippen LogP contribution in [0.15, 0.2) is 52.4 Å². The zero-order valence-corrected chi connectivity index (χ0v) is 21.3. The number of nitrogens with zero attached hydrogens (tertiary/aromatic N) is 3. The lowest BCUT2D eigenvalue weighted by molar-refractivity contribution is -0.119. The Bertz CT molecular complexity index is 1220. The maximum absolute atomic E-state index is 13.7. The first-order valence-corrected chi connectivity index (χ1v) is 12.9. The first-order valence-electron chi connectivity index (χ1n) is 11.9. The minimum absolute atomic E-state index is 0.0719. The van der Waals surface area contributed by atoms with Gasteiger partial charge in [0, 0.05) is 24.8 Å². The number of aromatic nitrogens is 2. The van der Waals surface area contributed by atoms with Crippen LogP contribution in [-0.2, 0) is 16.1 Å². The standard InChI is InChI=1S/C26H32N4O4S/c1-4-18(2)27-24(31)17-35-26-28-23-10-7-20(29-11-13-34-14-12-29)15-22(23)25(32)30(26)16-19-5-8-21(33-3)9-6-19/h5-10,15,18H,4,11-14,16-17H2,1-3H3,(H,27,31)/t18-/m1/s1. The highest BCUT2D eigenvalue weighted by Gasteiger charge is 2.17. The monoisotopic (exact) mass is 496 g/mol. The van der Waals surface area contributed by atoms with Crippen LogP contribution in [0.2, 0.25) is 0 Å². The molecule has 1 atom stereocenters. The van der Waals surface area contributed by atoms with Crippen LogP contribution in [0.25, 0.3) is 10.9 Å². The average molecular weight is 497 g/mol. The maximum Gasteiger partial charge on any atom is 0.262 e. The van der Waals surface area contributed by atoms with E-state index in [1.54, 1.807) is 11.7 Å². The van der Waals surface area contributed by atoms with Crippen molar-refractivity contribution in [3.8, 4) is 5.75 Å². The van der Waals surface area contributed by atoms with E-state index in [0.717, 1.165) is 36.5 Å². The second-order valence-electron chi connectivity index (χ2n) is 8.60. The van der Waals surface area contributed by atoms with Crippen molar-refractivity contribution in [2.45, 2.75) is 38.0 Å². The van der Waals surface area contributed by atoms with Crippen LogP contribution in [0.4, 0.5) is 5.69 Å². The molecule has 1 aliphatic rings. The van der Waals surface area contributed by atoms with Crippen LogP contribution >= 0.6 is 11.8 Å². The van der Waals surface area contributed by atoms with E-state index in [9.17, 15) is 9.59 Å². The lowest BCUT2D eigenvalue weighted by atomic mass is 10.2. The molecule has 0 bridgehead atoms. The van der Waals surface area contributed by atoms with Crippen molar-refractivity contribution in [3.63, 3.8) is 0 Å². The number of hydrogen-bond donors (Lipinski definition) is 1. The second kappa shape index (κ2) is 11.6. The summed E-state index contributed by atoms with van der Waals surface area (Å²) in [5, 5.41) is 4.06.